The number of likely N-dealkylation sites (tertiary alicyclic amines) is 1. The number of benzene rings is 1. The van der Waals surface area contributed by atoms with Crippen LogP contribution in [0.1, 0.15) is 18.5 Å². The second-order valence-corrected chi connectivity index (χ2v) is 4.35. The average molecular weight is 228 g/mol. The Bertz CT molecular complexity index is 435. The molecule has 0 aromatic heterocycles. The van der Waals surface area contributed by atoms with Gasteiger partial charge < -0.3 is 10.2 Å². The lowest BCUT2D eigenvalue weighted by Crippen LogP contribution is -2.55. The minimum Gasteiger partial charge on any atom is -0.327 e. The van der Waals surface area contributed by atoms with Gasteiger partial charge in [-0.3, -0.25) is 0 Å². The second-order valence-electron chi connectivity index (χ2n) is 4.35. The first-order valence-corrected chi connectivity index (χ1v) is 5.77. The summed E-state index contributed by atoms with van der Waals surface area (Å²) in [5, 5.41) is 2.71. The minimum atomic E-state index is -0.0742. The molecule has 1 aliphatic heterocycles. The molecule has 17 heavy (non-hydrogen) atoms. The van der Waals surface area contributed by atoms with Gasteiger partial charge in [-0.15, -0.1) is 6.42 Å². The number of nitrogens with one attached hydrogen (secondary N) is 1. The van der Waals surface area contributed by atoms with Crippen LogP contribution in [0.25, 0.3) is 0 Å². The molecule has 1 fully saturated rings. The van der Waals surface area contributed by atoms with Gasteiger partial charge in [0.15, 0.2) is 0 Å². The highest BCUT2D eigenvalue weighted by Crippen LogP contribution is 2.38. The Balaban J connectivity index is 2.07. The summed E-state index contributed by atoms with van der Waals surface area (Å²) in [4.78, 5) is 13.7. The molecule has 0 saturated carbocycles. The van der Waals surface area contributed by atoms with Crippen LogP contribution in [-0.4, -0.2) is 24.0 Å². The van der Waals surface area contributed by atoms with Gasteiger partial charge in [0.05, 0.1) is 12.6 Å². The molecule has 1 aromatic rings. The van der Waals surface area contributed by atoms with E-state index < -0.39 is 0 Å². The maximum absolute atomic E-state index is 11.8. The van der Waals surface area contributed by atoms with E-state index in [1.54, 1.807) is 0 Å². The van der Waals surface area contributed by atoms with E-state index in [-0.39, 0.29) is 18.6 Å². The van der Waals surface area contributed by atoms with Crippen molar-refractivity contribution in [1.82, 2.24) is 10.2 Å². The van der Waals surface area contributed by atoms with Gasteiger partial charge in [0.2, 0.25) is 0 Å². The van der Waals surface area contributed by atoms with Crippen LogP contribution in [0.15, 0.2) is 30.3 Å². The smallest absolute Gasteiger partial charge is 0.318 e. The van der Waals surface area contributed by atoms with Crippen LogP contribution in [0.3, 0.4) is 0 Å². The molecule has 0 aliphatic carbocycles. The molecule has 3 nitrogen and oxygen atoms in total. The first kappa shape index (κ1) is 11.5. The van der Waals surface area contributed by atoms with Crippen molar-refractivity contribution in [2.24, 2.45) is 5.92 Å². The van der Waals surface area contributed by atoms with E-state index >= 15 is 0 Å². The van der Waals surface area contributed by atoms with Crippen molar-refractivity contribution in [2.45, 2.75) is 13.0 Å². The number of hydrogen-bond donors (Lipinski definition) is 1. The van der Waals surface area contributed by atoms with Crippen LogP contribution in [0.2, 0.25) is 0 Å². The Hall–Kier alpha value is -1.95. The third kappa shape index (κ3) is 2.26. The van der Waals surface area contributed by atoms with E-state index in [2.05, 4.69) is 30.3 Å². The fourth-order valence-electron chi connectivity index (χ4n) is 2.29. The number of amides is 2. The molecule has 0 unspecified atom stereocenters. The van der Waals surface area contributed by atoms with Crippen molar-refractivity contribution >= 4 is 6.03 Å². The zero-order valence-corrected chi connectivity index (χ0v) is 9.89. The molecule has 3 heteroatoms. The quantitative estimate of drug-likeness (QED) is 0.772. The first-order valence-electron chi connectivity index (χ1n) is 5.77. The number of nitrogens with zero attached hydrogens (tertiary/aromatic N) is 1. The second kappa shape index (κ2) is 4.92. The first-order chi connectivity index (χ1) is 8.24. The number of urea groups is 1. The van der Waals surface area contributed by atoms with Crippen molar-refractivity contribution in [3.8, 4) is 12.3 Å². The van der Waals surface area contributed by atoms with E-state index in [1.807, 2.05) is 23.1 Å². The van der Waals surface area contributed by atoms with Gasteiger partial charge in [0.25, 0.3) is 0 Å². The van der Waals surface area contributed by atoms with Crippen molar-refractivity contribution in [1.29, 1.82) is 0 Å². The summed E-state index contributed by atoms with van der Waals surface area (Å²) in [6.07, 6.45) is 5.13. The fraction of sp³-hybridized carbons (Fsp3) is 0.357. The number of carbonyl (C=O) groups is 1. The van der Waals surface area contributed by atoms with Crippen LogP contribution >= 0.6 is 0 Å². The summed E-state index contributed by atoms with van der Waals surface area (Å²) >= 11 is 0. The Morgan fingerprint density at radius 2 is 2.24 bits per heavy atom. The van der Waals surface area contributed by atoms with Crippen LogP contribution in [0.4, 0.5) is 4.79 Å². The van der Waals surface area contributed by atoms with Gasteiger partial charge in [0.1, 0.15) is 0 Å². The highest BCUT2D eigenvalue weighted by atomic mass is 16.2. The van der Waals surface area contributed by atoms with Crippen molar-refractivity contribution < 1.29 is 4.79 Å². The monoisotopic (exact) mass is 228 g/mol. The van der Waals surface area contributed by atoms with E-state index in [1.165, 1.54) is 5.56 Å². The summed E-state index contributed by atoms with van der Waals surface area (Å²) in [6, 6.07) is 10.2. The lowest BCUT2D eigenvalue weighted by Gasteiger charge is -2.46. The van der Waals surface area contributed by atoms with E-state index in [0.717, 1.165) is 6.54 Å². The van der Waals surface area contributed by atoms with Gasteiger partial charge in [0, 0.05) is 6.54 Å². The largest absolute Gasteiger partial charge is 0.327 e. The number of hydrogen-bond acceptors (Lipinski definition) is 1. The predicted octanol–water partition coefficient (Wildman–Crippen LogP) is 2.02. The normalized spacial score (nSPS) is 22.5. The summed E-state index contributed by atoms with van der Waals surface area (Å²) < 4.78 is 0. The minimum absolute atomic E-state index is 0.0742. The molecule has 2 amide bonds. The molecule has 1 saturated heterocycles. The summed E-state index contributed by atoms with van der Waals surface area (Å²) in [5.41, 5.74) is 1.18. The SMILES string of the molecule is C#CCNC(=O)N1C[C@@H](C)[C@@H]1c1ccccc1. The van der Waals surface area contributed by atoms with Crippen molar-refractivity contribution in [3.63, 3.8) is 0 Å². The third-order valence-electron chi connectivity index (χ3n) is 3.10. The molecule has 0 bridgehead atoms. The molecule has 1 heterocycles. The molecule has 2 atom stereocenters. The van der Waals surface area contributed by atoms with Crippen molar-refractivity contribution in [3.05, 3.63) is 35.9 Å². The number of carbonyl (C=O) groups excluding carboxylic acids is 1. The lowest BCUT2D eigenvalue weighted by molar-refractivity contribution is 0.0599. The van der Waals surface area contributed by atoms with Crippen LogP contribution in [-0.2, 0) is 0 Å². The topological polar surface area (TPSA) is 32.3 Å². The van der Waals surface area contributed by atoms with Gasteiger partial charge in [-0.05, 0) is 11.5 Å². The fourth-order valence-corrected chi connectivity index (χ4v) is 2.29. The van der Waals surface area contributed by atoms with Gasteiger partial charge in [-0.25, -0.2) is 4.79 Å². The molecular weight excluding hydrogens is 212 g/mol. The Morgan fingerprint density at radius 1 is 1.53 bits per heavy atom. The number of terminal acetylenes is 1. The summed E-state index contributed by atoms with van der Waals surface area (Å²) in [7, 11) is 0. The highest BCUT2D eigenvalue weighted by Gasteiger charge is 2.39. The van der Waals surface area contributed by atoms with E-state index in [4.69, 9.17) is 6.42 Å². The van der Waals surface area contributed by atoms with Crippen molar-refractivity contribution in [2.75, 3.05) is 13.1 Å². The van der Waals surface area contributed by atoms with Gasteiger partial charge >= 0.3 is 6.03 Å². The number of rotatable bonds is 2. The van der Waals surface area contributed by atoms with E-state index in [0.29, 0.717) is 5.92 Å². The third-order valence-corrected chi connectivity index (χ3v) is 3.10. The molecule has 0 spiro atoms. The predicted molar refractivity (Wildman–Crippen MR) is 67.3 cm³/mol. The average Bonchev–Trinajstić information content (AvgIpc) is 2.34. The van der Waals surface area contributed by atoms with Crippen LogP contribution in [0.5, 0.6) is 0 Å². The standard InChI is InChI=1S/C14H16N2O/c1-3-9-15-14(17)16-10-11(2)13(16)12-7-5-4-6-8-12/h1,4-8,11,13H,9-10H2,2H3,(H,15,17)/t11-,13-/m1/s1. The zero-order chi connectivity index (χ0) is 12.3. The van der Waals surface area contributed by atoms with Crippen LogP contribution in [0, 0.1) is 18.3 Å². The molecule has 1 N–H and O–H groups in total. The van der Waals surface area contributed by atoms with Gasteiger partial charge in [-0.1, -0.05) is 43.2 Å². The summed E-state index contributed by atoms with van der Waals surface area (Å²) in [6.45, 7) is 3.23. The van der Waals surface area contributed by atoms with Gasteiger partial charge in [-0.2, -0.15) is 0 Å². The molecule has 1 aliphatic rings. The molecule has 1 aromatic carbocycles. The lowest BCUT2D eigenvalue weighted by atomic mass is 9.85. The Labute approximate surface area is 102 Å². The van der Waals surface area contributed by atoms with E-state index in [9.17, 15) is 4.79 Å². The van der Waals surface area contributed by atoms with Crippen LogP contribution < -0.4 is 5.32 Å². The Kier molecular flexibility index (Phi) is 3.34. The summed E-state index contributed by atoms with van der Waals surface area (Å²) in [5.74, 6) is 2.90. The molecule has 0 radical (unpaired) electrons. The highest BCUT2D eigenvalue weighted by molar-refractivity contribution is 5.76. The Morgan fingerprint density at radius 3 is 2.82 bits per heavy atom. The molecule has 88 valence electrons. The molecular formula is C14H16N2O. The maximum Gasteiger partial charge on any atom is 0.318 e. The zero-order valence-electron chi connectivity index (χ0n) is 9.89. The molecule has 2 rings (SSSR count). The maximum atomic E-state index is 11.8.